The van der Waals surface area contributed by atoms with E-state index >= 15 is 0 Å². The summed E-state index contributed by atoms with van der Waals surface area (Å²) >= 11 is 0. The Kier molecular flexibility index (Phi) is 5.19. The molecule has 0 bridgehead atoms. The summed E-state index contributed by atoms with van der Waals surface area (Å²) in [5.41, 5.74) is 0.471. The average molecular weight is 198 g/mol. The van der Waals surface area contributed by atoms with Gasteiger partial charge in [-0.05, 0) is 29.1 Å². The lowest BCUT2D eigenvalue weighted by Gasteiger charge is -2.42. The summed E-state index contributed by atoms with van der Waals surface area (Å²) in [5.74, 6) is 3.24. The van der Waals surface area contributed by atoms with Crippen molar-refractivity contribution in [2.45, 2.75) is 61.8 Å². The Morgan fingerprint density at radius 3 is 1.64 bits per heavy atom. The van der Waals surface area contributed by atoms with Crippen molar-refractivity contribution in [1.29, 1.82) is 0 Å². The summed E-state index contributed by atoms with van der Waals surface area (Å²) in [6, 6.07) is 0. The molecule has 3 atom stereocenters. The van der Waals surface area contributed by atoms with Gasteiger partial charge in [0.2, 0.25) is 0 Å². The summed E-state index contributed by atoms with van der Waals surface area (Å²) in [6.45, 7) is 19.1. The number of hydrogen-bond donors (Lipinski definition) is 0. The molecule has 0 radical (unpaired) electrons. The van der Waals surface area contributed by atoms with Crippen molar-refractivity contribution in [3.8, 4) is 0 Å². The Labute approximate surface area is 91.5 Å². The van der Waals surface area contributed by atoms with Crippen molar-refractivity contribution in [2.24, 2.45) is 29.1 Å². The number of hydrogen-bond acceptors (Lipinski definition) is 0. The third-order valence-corrected chi connectivity index (χ3v) is 4.90. The predicted molar refractivity (Wildman–Crippen MR) is 66.4 cm³/mol. The topological polar surface area (TPSA) is 0 Å². The van der Waals surface area contributed by atoms with E-state index in [0.717, 1.165) is 23.7 Å². The Morgan fingerprint density at radius 2 is 1.36 bits per heavy atom. The first-order valence-corrected chi connectivity index (χ1v) is 6.25. The lowest BCUT2D eigenvalue weighted by atomic mass is 9.64. The quantitative estimate of drug-likeness (QED) is 0.584. The maximum Gasteiger partial charge on any atom is -0.0300 e. The van der Waals surface area contributed by atoms with Gasteiger partial charge in [0.25, 0.3) is 0 Å². The molecule has 0 N–H and O–H groups in total. The van der Waals surface area contributed by atoms with E-state index in [2.05, 4.69) is 55.4 Å². The van der Waals surface area contributed by atoms with Crippen molar-refractivity contribution in [1.82, 2.24) is 0 Å². The molecule has 0 amide bonds. The minimum Gasteiger partial charge on any atom is -0.0651 e. The second-order valence-corrected chi connectivity index (χ2v) is 6.02. The van der Waals surface area contributed by atoms with Gasteiger partial charge in [-0.1, -0.05) is 61.8 Å². The van der Waals surface area contributed by atoms with Gasteiger partial charge in [0, 0.05) is 0 Å². The second-order valence-electron chi connectivity index (χ2n) is 6.02. The van der Waals surface area contributed by atoms with Crippen LogP contribution in [0.25, 0.3) is 0 Å². The second kappa shape index (κ2) is 5.19. The van der Waals surface area contributed by atoms with Crippen LogP contribution in [0.3, 0.4) is 0 Å². The predicted octanol–water partition coefficient (Wildman–Crippen LogP) is 4.99. The first-order chi connectivity index (χ1) is 6.25. The normalized spacial score (nSPS) is 19.5. The van der Waals surface area contributed by atoms with Crippen molar-refractivity contribution >= 4 is 0 Å². The van der Waals surface area contributed by atoms with E-state index in [4.69, 9.17) is 0 Å². The lowest BCUT2D eigenvalue weighted by Crippen LogP contribution is -2.34. The molecule has 0 nitrogen and oxygen atoms in total. The van der Waals surface area contributed by atoms with Crippen LogP contribution in [0.5, 0.6) is 0 Å². The van der Waals surface area contributed by atoms with Gasteiger partial charge in [-0.2, -0.15) is 0 Å². The Balaban J connectivity index is 4.56. The van der Waals surface area contributed by atoms with Crippen molar-refractivity contribution in [3.63, 3.8) is 0 Å². The molecule has 0 spiro atoms. The molecule has 0 aromatic heterocycles. The van der Waals surface area contributed by atoms with E-state index in [0.29, 0.717) is 5.41 Å². The van der Waals surface area contributed by atoms with Crippen LogP contribution in [0.4, 0.5) is 0 Å². The van der Waals surface area contributed by atoms with Gasteiger partial charge in [0.15, 0.2) is 0 Å². The van der Waals surface area contributed by atoms with E-state index in [9.17, 15) is 0 Å². The molecule has 0 saturated heterocycles. The zero-order chi connectivity index (χ0) is 11.5. The molecule has 86 valence electrons. The largest absolute Gasteiger partial charge is 0.0651 e. The van der Waals surface area contributed by atoms with Crippen molar-refractivity contribution in [2.75, 3.05) is 0 Å². The molecular formula is C14H30. The Bertz CT molecular complexity index is 155. The van der Waals surface area contributed by atoms with E-state index in [1.807, 2.05) is 0 Å². The summed E-state index contributed by atoms with van der Waals surface area (Å²) in [7, 11) is 0. The molecule has 14 heavy (non-hydrogen) atoms. The molecule has 0 aliphatic carbocycles. The highest BCUT2D eigenvalue weighted by atomic mass is 14.4. The van der Waals surface area contributed by atoms with Gasteiger partial charge < -0.3 is 0 Å². The van der Waals surface area contributed by atoms with Crippen LogP contribution >= 0.6 is 0 Å². The van der Waals surface area contributed by atoms with Gasteiger partial charge in [-0.15, -0.1) is 0 Å². The molecule has 0 heterocycles. The molecule has 0 aliphatic rings. The molecule has 3 unspecified atom stereocenters. The first kappa shape index (κ1) is 14.0. The molecule has 0 fully saturated rings. The van der Waals surface area contributed by atoms with Crippen molar-refractivity contribution < 1.29 is 0 Å². The molecule has 0 aliphatic heterocycles. The van der Waals surface area contributed by atoms with E-state index in [1.54, 1.807) is 0 Å². The fourth-order valence-electron chi connectivity index (χ4n) is 2.23. The average Bonchev–Trinajstić information content (AvgIpc) is 2.13. The molecular weight excluding hydrogens is 168 g/mol. The molecule has 0 aromatic rings. The molecule has 0 heteroatoms. The van der Waals surface area contributed by atoms with Crippen LogP contribution in [0.15, 0.2) is 0 Å². The summed E-state index contributed by atoms with van der Waals surface area (Å²) < 4.78 is 0. The van der Waals surface area contributed by atoms with Crippen LogP contribution in [0, 0.1) is 29.1 Å². The Morgan fingerprint density at radius 1 is 0.929 bits per heavy atom. The van der Waals surface area contributed by atoms with E-state index in [1.165, 1.54) is 6.42 Å². The summed E-state index contributed by atoms with van der Waals surface area (Å²) in [5, 5.41) is 0. The summed E-state index contributed by atoms with van der Waals surface area (Å²) in [4.78, 5) is 0. The van der Waals surface area contributed by atoms with Gasteiger partial charge in [0.05, 0.1) is 0 Å². The summed E-state index contributed by atoms with van der Waals surface area (Å²) in [6.07, 6.45) is 1.29. The minimum absolute atomic E-state index is 0.471. The highest BCUT2D eigenvalue weighted by Crippen LogP contribution is 2.42. The van der Waals surface area contributed by atoms with Crippen LogP contribution in [-0.4, -0.2) is 0 Å². The highest BCUT2D eigenvalue weighted by molar-refractivity contribution is 4.83. The third kappa shape index (κ3) is 3.00. The standard InChI is InChI=1S/C14H30/c1-9-11(4)14(7,8)13(6)12(5)10(2)3/h10-13H,9H2,1-8H3. The monoisotopic (exact) mass is 198 g/mol. The van der Waals surface area contributed by atoms with Gasteiger partial charge in [-0.25, -0.2) is 0 Å². The minimum atomic E-state index is 0.471. The smallest absolute Gasteiger partial charge is 0.0300 e. The Hall–Kier alpha value is 0. The van der Waals surface area contributed by atoms with Gasteiger partial charge in [-0.3, -0.25) is 0 Å². The van der Waals surface area contributed by atoms with Crippen LogP contribution in [0.2, 0.25) is 0 Å². The lowest BCUT2D eigenvalue weighted by molar-refractivity contribution is 0.0743. The third-order valence-electron chi connectivity index (χ3n) is 4.90. The maximum atomic E-state index is 2.44. The van der Waals surface area contributed by atoms with Crippen LogP contribution < -0.4 is 0 Å². The van der Waals surface area contributed by atoms with Gasteiger partial charge >= 0.3 is 0 Å². The number of rotatable bonds is 5. The van der Waals surface area contributed by atoms with E-state index < -0.39 is 0 Å². The first-order valence-electron chi connectivity index (χ1n) is 6.25. The zero-order valence-electron chi connectivity index (χ0n) is 11.5. The molecule has 0 aromatic carbocycles. The van der Waals surface area contributed by atoms with Crippen LogP contribution in [-0.2, 0) is 0 Å². The fourth-order valence-corrected chi connectivity index (χ4v) is 2.23. The molecule has 0 rings (SSSR count). The fraction of sp³-hybridized carbons (Fsp3) is 1.00. The highest BCUT2D eigenvalue weighted by Gasteiger charge is 2.34. The zero-order valence-corrected chi connectivity index (χ0v) is 11.5. The van der Waals surface area contributed by atoms with Crippen molar-refractivity contribution in [3.05, 3.63) is 0 Å². The van der Waals surface area contributed by atoms with Crippen LogP contribution in [0.1, 0.15) is 61.8 Å². The SMILES string of the molecule is CCC(C)C(C)(C)C(C)C(C)C(C)C. The molecule has 0 saturated carbocycles. The van der Waals surface area contributed by atoms with Gasteiger partial charge in [0.1, 0.15) is 0 Å². The van der Waals surface area contributed by atoms with E-state index in [-0.39, 0.29) is 0 Å². The maximum absolute atomic E-state index is 2.44.